The highest BCUT2D eigenvalue weighted by Crippen LogP contribution is 2.44. The van der Waals surface area contributed by atoms with Gasteiger partial charge in [-0.2, -0.15) is 0 Å². The topological polar surface area (TPSA) is 95.9 Å². The van der Waals surface area contributed by atoms with E-state index in [9.17, 15) is 19.5 Å². The first-order valence-electron chi connectivity index (χ1n) is 12.6. The molecule has 3 aliphatic rings. The lowest BCUT2D eigenvalue weighted by molar-refractivity contribution is -0.151. The number of ether oxygens (including phenoxy) is 1. The Morgan fingerprint density at radius 2 is 1.60 bits per heavy atom. The van der Waals surface area contributed by atoms with Crippen LogP contribution in [0.4, 0.5) is 4.79 Å². The van der Waals surface area contributed by atoms with E-state index in [1.54, 1.807) is 11.8 Å². The van der Waals surface area contributed by atoms with Gasteiger partial charge in [0.05, 0.1) is 5.92 Å². The van der Waals surface area contributed by atoms with Crippen LogP contribution in [0.2, 0.25) is 0 Å². The van der Waals surface area contributed by atoms with Crippen LogP contribution in [0, 0.1) is 5.92 Å². The van der Waals surface area contributed by atoms with Crippen LogP contribution in [0.15, 0.2) is 48.5 Å². The summed E-state index contributed by atoms with van der Waals surface area (Å²) in [7, 11) is 0. The van der Waals surface area contributed by atoms with E-state index in [1.165, 1.54) is 0 Å². The summed E-state index contributed by atoms with van der Waals surface area (Å²) >= 11 is 0. The van der Waals surface area contributed by atoms with E-state index in [-0.39, 0.29) is 18.4 Å². The van der Waals surface area contributed by atoms with Gasteiger partial charge in [-0.05, 0) is 54.9 Å². The number of nitrogens with zero attached hydrogens (tertiary/aromatic N) is 1. The van der Waals surface area contributed by atoms with Gasteiger partial charge in [-0.25, -0.2) is 4.79 Å². The molecule has 2 atom stereocenters. The lowest BCUT2D eigenvalue weighted by atomic mass is 9.87. The molecule has 2 aliphatic carbocycles. The van der Waals surface area contributed by atoms with Crippen molar-refractivity contribution in [1.29, 1.82) is 0 Å². The van der Waals surface area contributed by atoms with Crippen LogP contribution in [0.3, 0.4) is 0 Å². The van der Waals surface area contributed by atoms with Gasteiger partial charge in [-0.15, -0.1) is 0 Å². The molecular formula is C28H32N2O5. The Balaban J connectivity index is 1.30. The third-order valence-electron chi connectivity index (χ3n) is 8.12. The van der Waals surface area contributed by atoms with Crippen LogP contribution in [0.25, 0.3) is 11.1 Å². The number of carboxylic acids is 1. The maximum absolute atomic E-state index is 13.7. The quantitative estimate of drug-likeness (QED) is 0.660. The van der Waals surface area contributed by atoms with Crippen molar-refractivity contribution in [1.82, 2.24) is 10.2 Å². The van der Waals surface area contributed by atoms with Crippen molar-refractivity contribution in [2.24, 2.45) is 5.92 Å². The minimum atomic E-state index is -1.03. The molecule has 2 fully saturated rings. The Hall–Kier alpha value is -3.35. The van der Waals surface area contributed by atoms with Crippen molar-refractivity contribution in [3.8, 4) is 11.1 Å². The number of hydrogen-bond acceptors (Lipinski definition) is 4. The molecule has 7 heteroatoms. The van der Waals surface area contributed by atoms with E-state index in [2.05, 4.69) is 29.6 Å². The maximum atomic E-state index is 13.7. The van der Waals surface area contributed by atoms with Crippen LogP contribution in [0.5, 0.6) is 0 Å². The molecule has 2 aromatic rings. The van der Waals surface area contributed by atoms with Crippen molar-refractivity contribution in [3.63, 3.8) is 0 Å². The van der Waals surface area contributed by atoms with Crippen molar-refractivity contribution < 1.29 is 24.2 Å². The predicted octanol–water partition coefficient (Wildman–Crippen LogP) is 4.55. The molecule has 0 bridgehead atoms. The van der Waals surface area contributed by atoms with Gasteiger partial charge in [0.1, 0.15) is 12.1 Å². The van der Waals surface area contributed by atoms with Gasteiger partial charge >= 0.3 is 12.1 Å². The van der Waals surface area contributed by atoms with E-state index < -0.39 is 29.6 Å². The fraction of sp³-hybridized carbons (Fsp3) is 0.464. The number of likely N-dealkylation sites (tertiary alicyclic amines) is 1. The molecule has 2 amide bonds. The molecule has 7 nitrogen and oxygen atoms in total. The third kappa shape index (κ3) is 4.17. The van der Waals surface area contributed by atoms with Crippen molar-refractivity contribution in [2.75, 3.05) is 13.2 Å². The molecule has 1 aliphatic heterocycles. The van der Waals surface area contributed by atoms with Crippen molar-refractivity contribution in [3.05, 3.63) is 59.7 Å². The number of fused-ring (bicyclic) bond motifs is 3. The Labute approximate surface area is 205 Å². The highest BCUT2D eigenvalue weighted by atomic mass is 16.5. The first-order chi connectivity index (χ1) is 16.9. The number of alkyl carbamates (subject to hydrolysis) is 1. The number of rotatable bonds is 5. The van der Waals surface area contributed by atoms with Gasteiger partial charge in [0.25, 0.3) is 0 Å². The Morgan fingerprint density at radius 3 is 2.20 bits per heavy atom. The minimum Gasteiger partial charge on any atom is -0.481 e. The van der Waals surface area contributed by atoms with Crippen LogP contribution in [-0.2, 0) is 14.3 Å². The van der Waals surface area contributed by atoms with Gasteiger partial charge in [0, 0.05) is 18.5 Å². The summed E-state index contributed by atoms with van der Waals surface area (Å²) in [6.07, 6.45) is 3.36. The molecule has 0 radical (unpaired) electrons. The van der Waals surface area contributed by atoms with Crippen LogP contribution >= 0.6 is 0 Å². The summed E-state index contributed by atoms with van der Waals surface area (Å²) in [5.74, 6) is -1.69. The fourth-order valence-corrected chi connectivity index (χ4v) is 6.24. The minimum absolute atomic E-state index is 0.0539. The average Bonchev–Trinajstić information content (AvgIpc) is 3.46. The second kappa shape index (κ2) is 9.36. The van der Waals surface area contributed by atoms with Gasteiger partial charge in [0.2, 0.25) is 5.91 Å². The number of amides is 2. The Kier molecular flexibility index (Phi) is 6.26. The third-order valence-corrected chi connectivity index (χ3v) is 8.12. The lowest BCUT2D eigenvalue weighted by Crippen LogP contribution is -2.62. The molecule has 2 aromatic carbocycles. The molecule has 0 aromatic heterocycles. The summed E-state index contributed by atoms with van der Waals surface area (Å²) in [5, 5.41) is 12.5. The number of carbonyl (C=O) groups is 3. The molecule has 5 rings (SSSR count). The van der Waals surface area contributed by atoms with Crippen LogP contribution in [0.1, 0.15) is 62.5 Å². The first kappa shape index (κ1) is 23.4. The molecular weight excluding hydrogens is 444 g/mol. The highest BCUT2D eigenvalue weighted by molar-refractivity contribution is 5.91. The summed E-state index contributed by atoms with van der Waals surface area (Å²) in [5.41, 5.74) is 3.56. The molecule has 2 unspecified atom stereocenters. The number of nitrogens with one attached hydrogen (secondary N) is 1. The van der Waals surface area contributed by atoms with Gasteiger partial charge in [-0.3, -0.25) is 9.59 Å². The monoisotopic (exact) mass is 476 g/mol. The summed E-state index contributed by atoms with van der Waals surface area (Å²) in [6.45, 7) is 2.50. The molecule has 2 N–H and O–H groups in total. The van der Waals surface area contributed by atoms with E-state index in [0.717, 1.165) is 35.1 Å². The molecule has 184 valence electrons. The fourth-order valence-electron chi connectivity index (χ4n) is 6.24. The molecule has 1 saturated heterocycles. The maximum Gasteiger partial charge on any atom is 0.408 e. The van der Waals surface area contributed by atoms with E-state index in [4.69, 9.17) is 4.74 Å². The summed E-state index contributed by atoms with van der Waals surface area (Å²) in [4.78, 5) is 40.0. The number of benzene rings is 2. The van der Waals surface area contributed by atoms with Crippen molar-refractivity contribution >= 4 is 18.0 Å². The number of carbonyl (C=O) groups excluding carboxylic acids is 2. The van der Waals surface area contributed by atoms with Crippen molar-refractivity contribution in [2.45, 2.75) is 62.9 Å². The van der Waals surface area contributed by atoms with Crippen LogP contribution < -0.4 is 5.32 Å². The summed E-state index contributed by atoms with van der Waals surface area (Å²) in [6, 6.07) is 15.9. The predicted molar refractivity (Wildman–Crippen MR) is 131 cm³/mol. The van der Waals surface area contributed by atoms with E-state index >= 15 is 0 Å². The zero-order chi connectivity index (χ0) is 24.6. The first-order valence-corrected chi connectivity index (χ1v) is 12.6. The van der Waals surface area contributed by atoms with E-state index in [1.807, 2.05) is 24.3 Å². The molecule has 35 heavy (non-hydrogen) atoms. The Morgan fingerprint density at radius 1 is 1.00 bits per heavy atom. The Bertz CT molecular complexity index is 1090. The standard InChI is InChI=1S/C28H32N2O5/c1-18-19(25(31)32)13-8-16-30(18)26(33)28(14-6-7-15-28)29-27(34)35-17-24-22-11-4-2-9-20(22)21-10-3-5-12-23(21)24/h2-5,9-12,18-19,24H,6-8,13-17H2,1H3,(H,29,34)(H,31,32). The molecule has 0 spiro atoms. The molecule has 1 heterocycles. The smallest absolute Gasteiger partial charge is 0.408 e. The van der Waals surface area contributed by atoms with Crippen LogP contribution in [-0.4, -0.2) is 52.7 Å². The number of carboxylic acid groups (broad SMARTS) is 1. The number of piperidine rings is 1. The lowest BCUT2D eigenvalue weighted by Gasteiger charge is -2.42. The average molecular weight is 477 g/mol. The van der Waals surface area contributed by atoms with Gasteiger partial charge < -0.3 is 20.1 Å². The normalized spacial score (nSPS) is 22.8. The highest BCUT2D eigenvalue weighted by Gasteiger charge is 2.48. The zero-order valence-electron chi connectivity index (χ0n) is 20.0. The molecule has 1 saturated carbocycles. The number of aliphatic carboxylic acids is 1. The van der Waals surface area contributed by atoms with Gasteiger partial charge in [0.15, 0.2) is 0 Å². The van der Waals surface area contributed by atoms with E-state index in [0.29, 0.717) is 32.2 Å². The van der Waals surface area contributed by atoms with Gasteiger partial charge in [-0.1, -0.05) is 61.4 Å². The SMILES string of the molecule is CC1C(C(=O)O)CCCN1C(=O)C1(NC(=O)OCC2c3ccccc3-c3ccccc32)CCCC1. The second-order valence-electron chi connectivity index (χ2n) is 10.1. The zero-order valence-corrected chi connectivity index (χ0v) is 20.0. The summed E-state index contributed by atoms with van der Waals surface area (Å²) < 4.78 is 5.74. The largest absolute Gasteiger partial charge is 0.481 e. The number of hydrogen-bond donors (Lipinski definition) is 2. The second-order valence-corrected chi connectivity index (χ2v) is 10.1.